The summed E-state index contributed by atoms with van der Waals surface area (Å²) in [5.41, 5.74) is 0.0173. The highest BCUT2D eigenvalue weighted by molar-refractivity contribution is 9.10. The number of nitrogens with one attached hydrogen (secondary N) is 1. The Bertz CT molecular complexity index is 399. The lowest BCUT2D eigenvalue weighted by Crippen LogP contribution is -2.52. The number of likely N-dealkylation sites (N-methyl/N-ethyl adjacent to an activating group) is 1. The number of hydrogen-bond donors (Lipinski definition) is 1. The molecule has 1 unspecified atom stereocenters. The molecule has 20 heavy (non-hydrogen) atoms. The van der Waals surface area contributed by atoms with Crippen LogP contribution in [0.2, 0.25) is 0 Å². The van der Waals surface area contributed by atoms with Gasteiger partial charge in [0.1, 0.15) is 0 Å². The third kappa shape index (κ3) is 3.85. The smallest absolute Gasteiger partial charge is 0.0838 e. The van der Waals surface area contributed by atoms with Gasteiger partial charge >= 0.3 is 0 Å². The van der Waals surface area contributed by atoms with Crippen molar-refractivity contribution in [3.05, 3.63) is 20.8 Å². The molecule has 0 radical (unpaired) electrons. The second-order valence-corrected chi connectivity index (χ2v) is 7.50. The molecule has 0 aliphatic heterocycles. The molecule has 0 aromatic carbocycles. The zero-order valence-corrected chi connectivity index (χ0v) is 15.0. The van der Waals surface area contributed by atoms with Crippen LogP contribution in [0.25, 0.3) is 0 Å². The van der Waals surface area contributed by atoms with Crippen molar-refractivity contribution in [1.29, 1.82) is 0 Å². The lowest BCUT2D eigenvalue weighted by Gasteiger charge is -2.40. The van der Waals surface area contributed by atoms with E-state index in [9.17, 15) is 0 Å². The van der Waals surface area contributed by atoms with Crippen molar-refractivity contribution in [2.45, 2.75) is 63.5 Å². The van der Waals surface area contributed by atoms with E-state index in [0.29, 0.717) is 6.04 Å². The van der Waals surface area contributed by atoms with Gasteiger partial charge in [0.15, 0.2) is 0 Å². The summed E-state index contributed by atoms with van der Waals surface area (Å²) in [5.74, 6) is 0. The van der Waals surface area contributed by atoms with Gasteiger partial charge in [-0.05, 0) is 54.2 Å². The predicted octanol–water partition coefficient (Wildman–Crippen LogP) is 4.77. The van der Waals surface area contributed by atoms with E-state index >= 15 is 0 Å². The highest BCUT2D eigenvalue weighted by atomic mass is 79.9. The second kappa shape index (κ2) is 7.92. The van der Waals surface area contributed by atoms with Crippen LogP contribution in [-0.2, 0) is 11.2 Å². The fourth-order valence-corrected chi connectivity index (χ4v) is 4.98. The molecule has 1 N–H and O–H groups in total. The monoisotopic (exact) mass is 359 g/mol. The Morgan fingerprint density at radius 3 is 2.55 bits per heavy atom. The fourth-order valence-electron chi connectivity index (χ4n) is 3.42. The highest BCUT2D eigenvalue weighted by Gasteiger charge is 2.39. The first-order chi connectivity index (χ1) is 9.72. The van der Waals surface area contributed by atoms with Gasteiger partial charge in [-0.1, -0.05) is 25.7 Å². The molecule has 1 aromatic rings. The maximum Gasteiger partial charge on any atom is 0.0838 e. The van der Waals surface area contributed by atoms with Crippen molar-refractivity contribution < 1.29 is 4.74 Å². The number of halogens is 1. The fraction of sp³-hybridized carbons (Fsp3) is 0.750. The quantitative estimate of drug-likeness (QED) is 0.738. The minimum Gasteiger partial charge on any atom is -0.374 e. The topological polar surface area (TPSA) is 21.3 Å². The van der Waals surface area contributed by atoms with Gasteiger partial charge in [0, 0.05) is 28.4 Å². The summed E-state index contributed by atoms with van der Waals surface area (Å²) < 4.78 is 7.56. The van der Waals surface area contributed by atoms with Crippen LogP contribution in [-0.4, -0.2) is 25.3 Å². The standard InChI is InChI=1S/C16H26BrNOS/c1-3-19-16(9-6-4-5-7-10-16)15(18-2)12-14-13(17)8-11-20-14/h8,11,15,18H,3-7,9-10,12H2,1-2H3. The summed E-state index contributed by atoms with van der Waals surface area (Å²) in [6.07, 6.45) is 8.73. The largest absolute Gasteiger partial charge is 0.374 e. The Balaban J connectivity index is 2.17. The first-order valence-corrected chi connectivity index (χ1v) is 9.42. The molecule has 1 saturated carbocycles. The van der Waals surface area contributed by atoms with Crippen LogP contribution in [0.5, 0.6) is 0 Å². The third-order valence-electron chi connectivity index (χ3n) is 4.45. The summed E-state index contributed by atoms with van der Waals surface area (Å²) in [6.45, 7) is 2.93. The van der Waals surface area contributed by atoms with Crippen LogP contribution >= 0.6 is 27.3 Å². The molecule has 0 spiro atoms. The lowest BCUT2D eigenvalue weighted by atomic mass is 9.84. The first-order valence-electron chi connectivity index (χ1n) is 7.75. The Hall–Kier alpha value is 0.1000. The number of ether oxygens (including phenoxy) is 1. The molecule has 1 aromatic heterocycles. The molecule has 4 heteroatoms. The van der Waals surface area contributed by atoms with Crippen LogP contribution in [0.15, 0.2) is 15.9 Å². The van der Waals surface area contributed by atoms with E-state index in [-0.39, 0.29) is 5.60 Å². The summed E-state index contributed by atoms with van der Waals surface area (Å²) in [4.78, 5) is 1.42. The van der Waals surface area contributed by atoms with Crippen molar-refractivity contribution in [2.24, 2.45) is 0 Å². The van der Waals surface area contributed by atoms with Gasteiger partial charge in [0.2, 0.25) is 0 Å². The molecule has 2 nitrogen and oxygen atoms in total. The Morgan fingerprint density at radius 2 is 2.05 bits per heavy atom. The SMILES string of the molecule is CCOC1(C(Cc2sccc2Br)NC)CCCCCC1. The van der Waals surface area contributed by atoms with Crippen LogP contribution < -0.4 is 5.32 Å². The first kappa shape index (κ1) is 16.5. The molecule has 0 saturated heterocycles. The molecule has 1 atom stereocenters. The minimum absolute atomic E-state index is 0.0173. The number of rotatable bonds is 6. The summed E-state index contributed by atoms with van der Waals surface area (Å²) in [7, 11) is 2.08. The van der Waals surface area contributed by atoms with Gasteiger partial charge in [0.05, 0.1) is 5.60 Å². The lowest BCUT2D eigenvalue weighted by molar-refractivity contribution is -0.0751. The molecule has 0 bridgehead atoms. The summed E-state index contributed by atoms with van der Waals surface area (Å²) in [5, 5.41) is 5.71. The molecule has 1 fully saturated rings. The van der Waals surface area contributed by atoms with E-state index in [4.69, 9.17) is 4.74 Å². The van der Waals surface area contributed by atoms with Gasteiger partial charge in [-0.15, -0.1) is 11.3 Å². The molecular weight excluding hydrogens is 334 g/mol. The van der Waals surface area contributed by atoms with Gasteiger partial charge in [-0.25, -0.2) is 0 Å². The van der Waals surface area contributed by atoms with Gasteiger partial charge in [-0.2, -0.15) is 0 Å². The molecule has 1 aliphatic carbocycles. The zero-order valence-electron chi connectivity index (χ0n) is 12.6. The van der Waals surface area contributed by atoms with Gasteiger partial charge in [0.25, 0.3) is 0 Å². The van der Waals surface area contributed by atoms with Crippen LogP contribution in [0, 0.1) is 0 Å². The zero-order chi connectivity index (χ0) is 14.4. The van der Waals surface area contributed by atoms with E-state index in [1.165, 1.54) is 47.9 Å². The maximum atomic E-state index is 6.32. The van der Waals surface area contributed by atoms with Crippen LogP contribution in [0.4, 0.5) is 0 Å². The predicted molar refractivity (Wildman–Crippen MR) is 90.6 cm³/mol. The Morgan fingerprint density at radius 1 is 1.35 bits per heavy atom. The molecule has 1 heterocycles. The number of hydrogen-bond acceptors (Lipinski definition) is 3. The van der Waals surface area contributed by atoms with E-state index < -0.39 is 0 Å². The van der Waals surface area contributed by atoms with Crippen LogP contribution in [0.1, 0.15) is 50.3 Å². The highest BCUT2D eigenvalue weighted by Crippen LogP contribution is 2.36. The van der Waals surface area contributed by atoms with Crippen molar-refractivity contribution in [2.75, 3.05) is 13.7 Å². The molecule has 1 aliphatic rings. The Labute approximate surface area is 135 Å². The van der Waals surface area contributed by atoms with E-state index in [0.717, 1.165) is 13.0 Å². The molecule has 0 amide bonds. The van der Waals surface area contributed by atoms with E-state index in [1.807, 2.05) is 11.3 Å². The maximum absolute atomic E-state index is 6.32. The van der Waals surface area contributed by atoms with E-state index in [1.54, 1.807) is 0 Å². The molecular formula is C16H26BrNOS. The normalized spacial score (nSPS) is 20.6. The van der Waals surface area contributed by atoms with Crippen LogP contribution in [0.3, 0.4) is 0 Å². The summed E-state index contributed by atoms with van der Waals surface area (Å²) >= 11 is 5.50. The van der Waals surface area contributed by atoms with Gasteiger partial charge in [-0.3, -0.25) is 0 Å². The van der Waals surface area contributed by atoms with Crippen molar-refractivity contribution in [3.8, 4) is 0 Å². The third-order valence-corrected chi connectivity index (χ3v) is 6.39. The second-order valence-electron chi connectivity index (χ2n) is 5.65. The van der Waals surface area contributed by atoms with E-state index in [2.05, 4.69) is 46.7 Å². The van der Waals surface area contributed by atoms with Crippen molar-refractivity contribution in [3.63, 3.8) is 0 Å². The summed E-state index contributed by atoms with van der Waals surface area (Å²) in [6, 6.07) is 2.54. The van der Waals surface area contributed by atoms with Gasteiger partial charge < -0.3 is 10.1 Å². The van der Waals surface area contributed by atoms with Crippen molar-refractivity contribution in [1.82, 2.24) is 5.32 Å². The minimum atomic E-state index is 0.0173. The Kier molecular flexibility index (Phi) is 6.53. The average molecular weight is 360 g/mol. The molecule has 114 valence electrons. The number of thiophene rings is 1. The van der Waals surface area contributed by atoms with Crippen molar-refractivity contribution >= 4 is 27.3 Å². The molecule has 2 rings (SSSR count). The average Bonchev–Trinajstić information content (AvgIpc) is 2.71.